The van der Waals surface area contributed by atoms with Crippen LogP contribution in [-0.4, -0.2) is 27.4 Å². The molecule has 1 heterocycles. The molecular formula is C23H21F3N4O4. The summed E-state index contributed by atoms with van der Waals surface area (Å²) in [4.78, 5) is 37.1. The third-order valence-corrected chi connectivity index (χ3v) is 4.26. The van der Waals surface area contributed by atoms with Crippen molar-refractivity contribution in [3.05, 3.63) is 82.3 Å². The molecule has 8 nitrogen and oxygen atoms in total. The lowest BCUT2D eigenvalue weighted by Gasteiger charge is -2.21. The van der Waals surface area contributed by atoms with Crippen LogP contribution in [0.15, 0.2) is 65.5 Å². The highest BCUT2D eigenvalue weighted by Crippen LogP contribution is 2.34. The second-order valence-corrected chi connectivity index (χ2v) is 8.14. The van der Waals surface area contributed by atoms with E-state index in [4.69, 9.17) is 4.74 Å². The first-order chi connectivity index (χ1) is 15.8. The number of aromatic nitrogens is 2. The quantitative estimate of drug-likeness (QED) is 0.563. The minimum absolute atomic E-state index is 0.119. The average molecular weight is 474 g/mol. The van der Waals surface area contributed by atoms with Gasteiger partial charge in [0.1, 0.15) is 11.3 Å². The maximum absolute atomic E-state index is 13.3. The molecule has 178 valence electrons. The molecule has 2 aromatic carbocycles. The van der Waals surface area contributed by atoms with Crippen LogP contribution >= 0.6 is 0 Å². The zero-order chi connectivity index (χ0) is 25.1. The minimum atomic E-state index is -4.69. The van der Waals surface area contributed by atoms with Gasteiger partial charge in [0.15, 0.2) is 0 Å². The number of carbonyl (C=O) groups excluding carboxylic acids is 2. The Kier molecular flexibility index (Phi) is 6.75. The molecule has 0 unspecified atom stereocenters. The smallest absolute Gasteiger partial charge is 0.416 e. The zero-order valence-corrected chi connectivity index (χ0v) is 18.4. The Hall–Kier alpha value is -4.15. The molecule has 1 aromatic heterocycles. The number of alkyl halides is 3. The molecule has 0 atom stereocenters. The van der Waals surface area contributed by atoms with Crippen LogP contribution in [-0.2, 0) is 10.9 Å². The molecule has 0 radical (unpaired) electrons. The normalized spacial score (nSPS) is 11.6. The molecule has 2 N–H and O–H groups in total. The molecule has 0 aliphatic heterocycles. The highest BCUT2D eigenvalue weighted by molar-refractivity contribution is 6.05. The van der Waals surface area contributed by atoms with E-state index in [1.807, 2.05) is 0 Å². The number of anilines is 2. The first kappa shape index (κ1) is 24.5. The molecule has 0 aliphatic rings. The van der Waals surface area contributed by atoms with Crippen LogP contribution in [0.1, 0.15) is 36.8 Å². The lowest BCUT2D eigenvalue weighted by Crippen LogP contribution is -2.28. The van der Waals surface area contributed by atoms with Crippen LogP contribution in [0.25, 0.3) is 5.69 Å². The number of para-hydroxylation sites is 1. The van der Waals surface area contributed by atoms with Gasteiger partial charge < -0.3 is 10.1 Å². The van der Waals surface area contributed by atoms with Gasteiger partial charge in [-0.3, -0.25) is 14.9 Å². The number of halogens is 3. The Morgan fingerprint density at radius 1 is 0.912 bits per heavy atom. The van der Waals surface area contributed by atoms with E-state index in [1.165, 1.54) is 0 Å². The van der Waals surface area contributed by atoms with Crippen LogP contribution < -0.4 is 16.2 Å². The number of carbonyl (C=O) groups is 2. The number of hydrogen-bond donors (Lipinski definition) is 2. The molecule has 0 saturated heterocycles. The Bertz CT molecular complexity index is 1270. The van der Waals surface area contributed by atoms with Gasteiger partial charge in [0.25, 0.3) is 11.5 Å². The number of nitrogens with zero attached hydrogens (tertiary/aromatic N) is 2. The number of nitrogens with one attached hydrogen (secondary N) is 2. The topological polar surface area (TPSA) is 102 Å². The average Bonchev–Trinajstić information content (AvgIpc) is 2.73. The summed E-state index contributed by atoms with van der Waals surface area (Å²) < 4.78 is 45.9. The summed E-state index contributed by atoms with van der Waals surface area (Å²) in [5.41, 5.74) is -2.68. The molecule has 3 aromatic rings. The molecular weight excluding hydrogens is 453 g/mol. The van der Waals surface area contributed by atoms with E-state index in [0.29, 0.717) is 11.8 Å². The molecule has 3 rings (SSSR count). The Morgan fingerprint density at radius 2 is 1.59 bits per heavy atom. The van der Waals surface area contributed by atoms with Gasteiger partial charge in [-0.05, 0) is 57.2 Å². The Labute approximate surface area is 192 Å². The summed E-state index contributed by atoms with van der Waals surface area (Å²) in [7, 11) is 0. The second kappa shape index (κ2) is 9.38. The fourth-order valence-corrected chi connectivity index (χ4v) is 2.82. The summed E-state index contributed by atoms with van der Waals surface area (Å²) in [5.74, 6) is -0.892. The SMILES string of the molecule is CC(C)(C)OC(=O)Nc1ccc(C(F)(F)F)cc1NC(=O)c1ccc(=O)n(-c2ccccc2)n1. The minimum Gasteiger partial charge on any atom is -0.444 e. The predicted molar refractivity (Wildman–Crippen MR) is 119 cm³/mol. The molecule has 0 bridgehead atoms. The van der Waals surface area contributed by atoms with Crippen molar-refractivity contribution in [2.24, 2.45) is 0 Å². The number of rotatable bonds is 4. The number of ether oxygens (including phenoxy) is 1. The van der Waals surface area contributed by atoms with Gasteiger partial charge >= 0.3 is 12.3 Å². The van der Waals surface area contributed by atoms with Crippen molar-refractivity contribution < 1.29 is 27.5 Å². The fraction of sp³-hybridized carbons (Fsp3) is 0.217. The summed E-state index contributed by atoms with van der Waals surface area (Å²) in [6, 6.07) is 13.0. The molecule has 0 aliphatic carbocycles. The van der Waals surface area contributed by atoms with Gasteiger partial charge in [-0.25, -0.2) is 4.79 Å². The van der Waals surface area contributed by atoms with Crippen LogP contribution in [0.2, 0.25) is 0 Å². The maximum Gasteiger partial charge on any atom is 0.416 e. The highest BCUT2D eigenvalue weighted by Gasteiger charge is 2.31. The number of amides is 2. The van der Waals surface area contributed by atoms with E-state index in [0.717, 1.165) is 28.9 Å². The number of hydrogen-bond acceptors (Lipinski definition) is 5. The summed E-state index contributed by atoms with van der Waals surface area (Å²) in [6.07, 6.45) is -5.61. The van der Waals surface area contributed by atoms with Crippen molar-refractivity contribution in [1.29, 1.82) is 0 Å². The first-order valence-corrected chi connectivity index (χ1v) is 10.0. The highest BCUT2D eigenvalue weighted by atomic mass is 19.4. The summed E-state index contributed by atoms with van der Waals surface area (Å²) in [6.45, 7) is 4.86. The van der Waals surface area contributed by atoms with E-state index in [1.54, 1.807) is 51.1 Å². The van der Waals surface area contributed by atoms with Gasteiger partial charge in [0.2, 0.25) is 0 Å². The van der Waals surface area contributed by atoms with Crippen LogP contribution in [0.4, 0.5) is 29.3 Å². The van der Waals surface area contributed by atoms with Crippen LogP contribution in [0.5, 0.6) is 0 Å². The van der Waals surface area contributed by atoms with Gasteiger partial charge in [0, 0.05) is 6.07 Å². The van der Waals surface area contributed by atoms with Crippen LogP contribution in [0.3, 0.4) is 0 Å². The van der Waals surface area contributed by atoms with E-state index >= 15 is 0 Å². The third kappa shape index (κ3) is 6.21. The van der Waals surface area contributed by atoms with Crippen molar-refractivity contribution in [1.82, 2.24) is 9.78 Å². The van der Waals surface area contributed by atoms with Crippen LogP contribution in [0, 0.1) is 0 Å². The van der Waals surface area contributed by atoms with Crippen molar-refractivity contribution in [3.63, 3.8) is 0 Å². The van der Waals surface area contributed by atoms with E-state index < -0.39 is 34.9 Å². The predicted octanol–water partition coefficient (Wildman–Crippen LogP) is 4.85. The lowest BCUT2D eigenvalue weighted by atomic mass is 10.1. The van der Waals surface area contributed by atoms with E-state index in [2.05, 4.69) is 15.7 Å². The maximum atomic E-state index is 13.3. The number of benzene rings is 2. The summed E-state index contributed by atoms with van der Waals surface area (Å²) >= 11 is 0. The molecule has 34 heavy (non-hydrogen) atoms. The fourth-order valence-electron chi connectivity index (χ4n) is 2.82. The monoisotopic (exact) mass is 474 g/mol. The Morgan fingerprint density at radius 3 is 2.21 bits per heavy atom. The van der Waals surface area contributed by atoms with Gasteiger partial charge in [-0.1, -0.05) is 18.2 Å². The molecule has 2 amide bonds. The standard InChI is InChI=1S/C23H21F3N4O4/c1-22(2,3)34-21(33)28-16-10-9-14(23(24,25)26)13-18(16)27-20(32)17-11-12-19(31)30(29-17)15-7-5-4-6-8-15/h4-13H,1-3H3,(H,27,32)(H,28,33). The van der Waals surface area contributed by atoms with E-state index in [-0.39, 0.29) is 17.1 Å². The lowest BCUT2D eigenvalue weighted by molar-refractivity contribution is -0.137. The molecule has 0 spiro atoms. The van der Waals surface area contributed by atoms with Gasteiger partial charge in [-0.15, -0.1) is 0 Å². The Balaban J connectivity index is 1.95. The second-order valence-electron chi connectivity index (χ2n) is 8.14. The van der Waals surface area contributed by atoms with Crippen molar-refractivity contribution in [2.75, 3.05) is 10.6 Å². The molecule has 11 heteroatoms. The molecule has 0 saturated carbocycles. The van der Waals surface area contributed by atoms with Gasteiger partial charge in [0.05, 0.1) is 22.6 Å². The molecule has 0 fully saturated rings. The van der Waals surface area contributed by atoms with Crippen molar-refractivity contribution in [3.8, 4) is 5.69 Å². The van der Waals surface area contributed by atoms with Crippen molar-refractivity contribution >= 4 is 23.4 Å². The zero-order valence-electron chi connectivity index (χ0n) is 18.4. The van der Waals surface area contributed by atoms with Crippen molar-refractivity contribution in [2.45, 2.75) is 32.5 Å². The largest absolute Gasteiger partial charge is 0.444 e. The third-order valence-electron chi connectivity index (χ3n) is 4.26. The first-order valence-electron chi connectivity index (χ1n) is 10.0. The van der Waals surface area contributed by atoms with Gasteiger partial charge in [-0.2, -0.15) is 23.0 Å². The van der Waals surface area contributed by atoms with E-state index in [9.17, 15) is 27.6 Å². The summed E-state index contributed by atoms with van der Waals surface area (Å²) in [5, 5.41) is 8.66.